The molecule has 4 aromatic rings. The third-order valence-electron chi connectivity index (χ3n) is 6.67. The van der Waals surface area contributed by atoms with Gasteiger partial charge in [0.2, 0.25) is 0 Å². The minimum atomic E-state index is -3.81. The van der Waals surface area contributed by atoms with Crippen LogP contribution in [0.25, 0.3) is 10.2 Å². The fourth-order valence-corrected chi connectivity index (χ4v) is 6.64. The highest BCUT2D eigenvalue weighted by Crippen LogP contribution is 2.31. The second kappa shape index (κ2) is 11.8. The minimum Gasteiger partial charge on any atom is -0.379 e. The molecule has 1 amide bonds. The van der Waals surface area contributed by atoms with Gasteiger partial charge in [-0.25, -0.2) is 17.8 Å². The fraction of sp³-hybridized carbons (Fsp3) is 0.286. The van der Waals surface area contributed by atoms with E-state index in [9.17, 15) is 17.6 Å². The average molecular weight is 569 g/mol. The first-order chi connectivity index (χ1) is 18.8. The molecule has 5 rings (SSSR count). The van der Waals surface area contributed by atoms with Gasteiger partial charge in [-0.1, -0.05) is 35.6 Å². The Balaban J connectivity index is 1.39. The number of thiazole rings is 1. The van der Waals surface area contributed by atoms with Crippen LogP contribution in [0.4, 0.5) is 15.2 Å². The molecule has 2 heterocycles. The van der Waals surface area contributed by atoms with Crippen molar-refractivity contribution < 1.29 is 22.3 Å². The molecule has 0 spiro atoms. The Morgan fingerprint density at radius 1 is 1.03 bits per heavy atom. The Morgan fingerprint density at radius 3 is 2.44 bits per heavy atom. The molecular formula is C28H29FN4O4S2. The van der Waals surface area contributed by atoms with Crippen LogP contribution >= 0.6 is 11.3 Å². The first-order valence-electron chi connectivity index (χ1n) is 12.7. The summed E-state index contributed by atoms with van der Waals surface area (Å²) in [4.78, 5) is 22.1. The third kappa shape index (κ3) is 5.96. The molecule has 39 heavy (non-hydrogen) atoms. The zero-order valence-electron chi connectivity index (χ0n) is 21.5. The van der Waals surface area contributed by atoms with Gasteiger partial charge in [-0.15, -0.1) is 0 Å². The quantitative estimate of drug-likeness (QED) is 0.293. The maximum Gasteiger partial charge on any atom is 0.264 e. The predicted molar refractivity (Wildman–Crippen MR) is 152 cm³/mol. The van der Waals surface area contributed by atoms with Crippen molar-refractivity contribution in [2.75, 3.05) is 55.6 Å². The number of benzene rings is 3. The lowest BCUT2D eigenvalue weighted by Crippen LogP contribution is -2.39. The number of halogens is 1. The van der Waals surface area contributed by atoms with Gasteiger partial charge in [0.25, 0.3) is 15.9 Å². The van der Waals surface area contributed by atoms with Gasteiger partial charge >= 0.3 is 0 Å². The SMILES string of the molecule is CN(c1ccccc1)S(=O)(=O)c1ccc(C(=O)N(CCCN2CCOCC2)c2nc3c(F)cccc3s2)cc1. The van der Waals surface area contributed by atoms with Crippen LogP contribution in [0.3, 0.4) is 0 Å². The number of fused-ring (bicyclic) bond motifs is 1. The number of amides is 1. The second-order valence-electron chi connectivity index (χ2n) is 9.18. The van der Waals surface area contributed by atoms with Gasteiger partial charge in [-0.3, -0.25) is 18.9 Å². The van der Waals surface area contributed by atoms with E-state index in [0.717, 1.165) is 19.6 Å². The van der Waals surface area contributed by atoms with Crippen molar-refractivity contribution in [1.82, 2.24) is 9.88 Å². The van der Waals surface area contributed by atoms with Gasteiger partial charge in [-0.2, -0.15) is 0 Å². The molecular weight excluding hydrogens is 539 g/mol. The Labute approximate surface area is 231 Å². The van der Waals surface area contributed by atoms with Crippen LogP contribution in [0, 0.1) is 5.82 Å². The number of rotatable bonds is 9. The summed E-state index contributed by atoms with van der Waals surface area (Å²) in [6.07, 6.45) is 0.693. The molecule has 11 heteroatoms. The first-order valence-corrected chi connectivity index (χ1v) is 14.9. The summed E-state index contributed by atoms with van der Waals surface area (Å²) in [7, 11) is -2.32. The van der Waals surface area contributed by atoms with Crippen LogP contribution in [0.2, 0.25) is 0 Å². The molecule has 0 atom stereocenters. The van der Waals surface area contributed by atoms with Gasteiger partial charge in [0, 0.05) is 38.8 Å². The van der Waals surface area contributed by atoms with Crippen LogP contribution in [0.5, 0.6) is 0 Å². The summed E-state index contributed by atoms with van der Waals surface area (Å²) < 4.78 is 48.0. The number of nitrogens with zero attached hydrogens (tertiary/aromatic N) is 4. The lowest BCUT2D eigenvalue weighted by atomic mass is 10.2. The summed E-state index contributed by atoms with van der Waals surface area (Å²) in [6.45, 7) is 4.23. The highest BCUT2D eigenvalue weighted by molar-refractivity contribution is 7.92. The van der Waals surface area contributed by atoms with Crippen molar-refractivity contribution in [2.45, 2.75) is 11.3 Å². The molecule has 0 N–H and O–H groups in total. The number of hydrogen-bond acceptors (Lipinski definition) is 7. The summed E-state index contributed by atoms with van der Waals surface area (Å²) >= 11 is 1.26. The molecule has 1 aromatic heterocycles. The fourth-order valence-electron chi connectivity index (χ4n) is 4.44. The minimum absolute atomic E-state index is 0.0753. The number of sulfonamides is 1. The zero-order valence-corrected chi connectivity index (χ0v) is 23.1. The van der Waals surface area contributed by atoms with Gasteiger partial charge in [-0.05, 0) is 55.0 Å². The number of anilines is 2. The summed E-state index contributed by atoms with van der Waals surface area (Å²) in [6, 6.07) is 19.4. The standard InChI is InChI=1S/C28H29FN4O4S2/c1-31(22-7-3-2-4-8-22)39(35,36)23-13-11-21(12-14-23)27(34)33(16-6-15-32-17-19-37-20-18-32)28-30-26-24(29)9-5-10-25(26)38-28/h2-5,7-14H,6,15-20H2,1H3. The molecule has 204 valence electrons. The predicted octanol–water partition coefficient (Wildman–Crippen LogP) is 4.63. The van der Waals surface area contributed by atoms with Crippen molar-refractivity contribution in [1.29, 1.82) is 0 Å². The summed E-state index contributed by atoms with van der Waals surface area (Å²) in [5.41, 5.74) is 1.09. The average Bonchev–Trinajstić information content (AvgIpc) is 3.41. The van der Waals surface area contributed by atoms with E-state index in [0.29, 0.717) is 47.3 Å². The van der Waals surface area contributed by atoms with E-state index in [1.165, 1.54) is 53.0 Å². The molecule has 1 saturated heterocycles. The second-order valence-corrected chi connectivity index (χ2v) is 12.2. The number of carbonyl (C=O) groups excluding carboxylic acids is 1. The smallest absolute Gasteiger partial charge is 0.264 e. The lowest BCUT2D eigenvalue weighted by Gasteiger charge is -2.27. The van der Waals surface area contributed by atoms with Gasteiger partial charge in [0.15, 0.2) is 5.13 Å². The van der Waals surface area contributed by atoms with E-state index < -0.39 is 15.8 Å². The molecule has 0 bridgehead atoms. The molecule has 0 saturated carbocycles. The number of ether oxygens (including phenoxy) is 1. The van der Waals surface area contributed by atoms with E-state index in [1.54, 1.807) is 41.3 Å². The number of hydrogen-bond donors (Lipinski definition) is 0. The molecule has 1 aliphatic rings. The molecule has 1 aliphatic heterocycles. The number of para-hydroxylation sites is 2. The monoisotopic (exact) mass is 568 g/mol. The molecule has 0 unspecified atom stereocenters. The number of aromatic nitrogens is 1. The Bertz CT molecular complexity index is 1540. The normalized spacial score (nSPS) is 14.4. The van der Waals surface area contributed by atoms with Crippen LogP contribution in [0.15, 0.2) is 77.7 Å². The Kier molecular flexibility index (Phi) is 8.22. The van der Waals surface area contributed by atoms with Gasteiger partial charge < -0.3 is 4.74 Å². The number of morpholine rings is 1. The van der Waals surface area contributed by atoms with Gasteiger partial charge in [0.05, 0.1) is 28.5 Å². The highest BCUT2D eigenvalue weighted by atomic mass is 32.2. The summed E-state index contributed by atoms with van der Waals surface area (Å²) in [5.74, 6) is -0.760. The topological polar surface area (TPSA) is 83.1 Å². The molecule has 0 aliphatic carbocycles. The maximum atomic E-state index is 14.4. The van der Waals surface area contributed by atoms with Crippen molar-refractivity contribution in [2.24, 2.45) is 0 Å². The van der Waals surface area contributed by atoms with Crippen LogP contribution in [-0.2, 0) is 14.8 Å². The van der Waals surface area contributed by atoms with Crippen molar-refractivity contribution in [3.63, 3.8) is 0 Å². The van der Waals surface area contributed by atoms with E-state index in [-0.39, 0.29) is 16.3 Å². The van der Waals surface area contributed by atoms with E-state index in [1.807, 2.05) is 6.07 Å². The first kappa shape index (κ1) is 27.2. The van der Waals surface area contributed by atoms with E-state index >= 15 is 0 Å². The van der Waals surface area contributed by atoms with Crippen molar-refractivity contribution in [3.05, 3.63) is 84.2 Å². The number of carbonyl (C=O) groups is 1. The van der Waals surface area contributed by atoms with Crippen molar-refractivity contribution in [3.8, 4) is 0 Å². The van der Waals surface area contributed by atoms with Crippen LogP contribution in [0.1, 0.15) is 16.8 Å². The lowest BCUT2D eigenvalue weighted by molar-refractivity contribution is 0.0376. The van der Waals surface area contributed by atoms with E-state index in [4.69, 9.17) is 4.74 Å². The molecule has 1 fully saturated rings. The third-order valence-corrected chi connectivity index (χ3v) is 9.52. The van der Waals surface area contributed by atoms with Crippen LogP contribution < -0.4 is 9.21 Å². The Hall–Kier alpha value is -3.38. The summed E-state index contributed by atoms with van der Waals surface area (Å²) in [5, 5.41) is 0.405. The maximum absolute atomic E-state index is 14.4. The van der Waals surface area contributed by atoms with Crippen molar-refractivity contribution >= 4 is 48.3 Å². The Morgan fingerprint density at radius 2 is 1.74 bits per heavy atom. The van der Waals surface area contributed by atoms with E-state index in [2.05, 4.69) is 9.88 Å². The molecule has 8 nitrogen and oxygen atoms in total. The molecule has 0 radical (unpaired) electrons. The van der Waals surface area contributed by atoms with Crippen LogP contribution in [-0.4, -0.2) is 70.6 Å². The zero-order chi connectivity index (χ0) is 27.4. The largest absolute Gasteiger partial charge is 0.379 e. The highest BCUT2D eigenvalue weighted by Gasteiger charge is 2.25. The molecule has 3 aromatic carbocycles. The van der Waals surface area contributed by atoms with Gasteiger partial charge in [0.1, 0.15) is 11.3 Å².